The minimum absolute atomic E-state index is 0.261. The van der Waals surface area contributed by atoms with E-state index in [-0.39, 0.29) is 12.4 Å². The molecule has 1 saturated heterocycles. The smallest absolute Gasteiger partial charge is 0.160 e. The van der Waals surface area contributed by atoms with Gasteiger partial charge in [0.2, 0.25) is 0 Å². The molecule has 0 aromatic carbocycles. The van der Waals surface area contributed by atoms with Gasteiger partial charge in [0, 0.05) is 20.6 Å². The Morgan fingerprint density at radius 1 is 1.46 bits per heavy atom. The summed E-state index contributed by atoms with van der Waals surface area (Å²) >= 11 is 0. The monoisotopic (exact) mass is 190 g/mol. The summed E-state index contributed by atoms with van der Waals surface area (Å²) in [6.07, 6.45) is -0.609. The van der Waals surface area contributed by atoms with Gasteiger partial charge in [0.05, 0.1) is 11.7 Å². The standard InChI is InChI=1S/C9H18O4/c1-6-8(10)9(2,12-4)5-7(11-3)13-6/h6-8,10H,5H2,1-4H3/t6-,7+,8+,9?/m0/s1. The minimum atomic E-state index is -0.608. The molecule has 0 spiro atoms. The number of rotatable bonds is 2. The van der Waals surface area contributed by atoms with Crippen molar-refractivity contribution in [2.24, 2.45) is 0 Å². The summed E-state index contributed by atoms with van der Waals surface area (Å²) in [5, 5.41) is 9.80. The van der Waals surface area contributed by atoms with Crippen LogP contribution < -0.4 is 0 Å². The van der Waals surface area contributed by atoms with Crippen LogP contribution in [0.3, 0.4) is 0 Å². The number of hydrogen-bond acceptors (Lipinski definition) is 4. The summed E-state index contributed by atoms with van der Waals surface area (Å²) in [5.41, 5.74) is -0.571. The van der Waals surface area contributed by atoms with Crippen molar-refractivity contribution in [2.75, 3.05) is 14.2 Å². The summed E-state index contributed by atoms with van der Waals surface area (Å²) in [6, 6.07) is 0. The second-order valence-corrected chi connectivity index (χ2v) is 3.67. The molecule has 0 aliphatic carbocycles. The maximum atomic E-state index is 9.80. The Bertz CT molecular complexity index is 173. The molecular weight excluding hydrogens is 172 g/mol. The van der Waals surface area contributed by atoms with Gasteiger partial charge < -0.3 is 19.3 Å². The first-order chi connectivity index (χ1) is 6.03. The maximum Gasteiger partial charge on any atom is 0.160 e. The molecule has 1 unspecified atom stereocenters. The zero-order chi connectivity index (χ0) is 10.1. The Morgan fingerprint density at radius 2 is 2.08 bits per heavy atom. The van der Waals surface area contributed by atoms with Gasteiger partial charge in [-0.05, 0) is 13.8 Å². The molecule has 0 amide bonds. The molecule has 0 saturated carbocycles. The van der Waals surface area contributed by atoms with Crippen LogP contribution in [0.15, 0.2) is 0 Å². The van der Waals surface area contributed by atoms with Crippen LogP contribution in [0.2, 0.25) is 0 Å². The van der Waals surface area contributed by atoms with Gasteiger partial charge in [-0.1, -0.05) is 0 Å². The summed E-state index contributed by atoms with van der Waals surface area (Å²) in [4.78, 5) is 0. The molecule has 1 aliphatic rings. The molecule has 13 heavy (non-hydrogen) atoms. The van der Waals surface area contributed by atoms with Crippen molar-refractivity contribution in [2.45, 2.75) is 44.4 Å². The Kier molecular flexibility index (Phi) is 3.29. The fraction of sp³-hybridized carbons (Fsp3) is 1.00. The summed E-state index contributed by atoms with van der Waals surface area (Å²) in [7, 11) is 3.18. The van der Waals surface area contributed by atoms with Gasteiger partial charge >= 0.3 is 0 Å². The van der Waals surface area contributed by atoms with Gasteiger partial charge in [0.15, 0.2) is 6.29 Å². The van der Waals surface area contributed by atoms with Crippen molar-refractivity contribution < 1.29 is 19.3 Å². The van der Waals surface area contributed by atoms with Crippen molar-refractivity contribution in [3.63, 3.8) is 0 Å². The average molecular weight is 190 g/mol. The van der Waals surface area contributed by atoms with E-state index in [1.807, 2.05) is 13.8 Å². The van der Waals surface area contributed by atoms with Gasteiger partial charge in [-0.3, -0.25) is 0 Å². The van der Waals surface area contributed by atoms with E-state index >= 15 is 0 Å². The second kappa shape index (κ2) is 3.92. The summed E-state index contributed by atoms with van der Waals surface area (Å²) in [6.45, 7) is 3.68. The van der Waals surface area contributed by atoms with Crippen LogP contribution in [-0.4, -0.2) is 43.4 Å². The highest BCUT2D eigenvalue weighted by atomic mass is 16.7. The zero-order valence-corrected chi connectivity index (χ0v) is 8.61. The van der Waals surface area contributed by atoms with Gasteiger partial charge in [-0.25, -0.2) is 0 Å². The largest absolute Gasteiger partial charge is 0.387 e. The van der Waals surface area contributed by atoms with Crippen LogP contribution >= 0.6 is 0 Å². The van der Waals surface area contributed by atoms with Crippen molar-refractivity contribution in [1.82, 2.24) is 0 Å². The van der Waals surface area contributed by atoms with E-state index in [9.17, 15) is 5.11 Å². The van der Waals surface area contributed by atoms with Crippen LogP contribution in [0, 0.1) is 0 Å². The Hall–Kier alpha value is -0.160. The maximum absolute atomic E-state index is 9.80. The van der Waals surface area contributed by atoms with Crippen molar-refractivity contribution >= 4 is 0 Å². The topological polar surface area (TPSA) is 47.9 Å². The van der Waals surface area contributed by atoms with E-state index in [0.717, 1.165) is 0 Å². The molecule has 0 aromatic rings. The van der Waals surface area contributed by atoms with E-state index in [1.165, 1.54) is 0 Å². The molecule has 4 nitrogen and oxygen atoms in total. The van der Waals surface area contributed by atoms with Crippen LogP contribution in [0.25, 0.3) is 0 Å². The Labute approximate surface area is 78.8 Å². The second-order valence-electron chi connectivity index (χ2n) is 3.67. The lowest BCUT2D eigenvalue weighted by molar-refractivity contribution is -0.271. The van der Waals surface area contributed by atoms with E-state index < -0.39 is 11.7 Å². The number of hydrogen-bond donors (Lipinski definition) is 1. The minimum Gasteiger partial charge on any atom is -0.387 e. The van der Waals surface area contributed by atoms with Crippen LogP contribution in [0.4, 0.5) is 0 Å². The third-order valence-corrected chi connectivity index (χ3v) is 2.74. The first-order valence-electron chi connectivity index (χ1n) is 4.45. The third-order valence-electron chi connectivity index (χ3n) is 2.74. The highest BCUT2D eigenvalue weighted by Gasteiger charge is 2.44. The molecule has 4 atom stereocenters. The van der Waals surface area contributed by atoms with Crippen LogP contribution in [-0.2, 0) is 14.2 Å². The molecule has 1 aliphatic heterocycles. The lowest BCUT2D eigenvalue weighted by Gasteiger charge is -2.43. The van der Waals surface area contributed by atoms with Crippen molar-refractivity contribution in [3.8, 4) is 0 Å². The average Bonchev–Trinajstić information content (AvgIpc) is 2.13. The van der Waals surface area contributed by atoms with E-state index in [4.69, 9.17) is 14.2 Å². The van der Waals surface area contributed by atoms with Gasteiger partial charge in [-0.15, -0.1) is 0 Å². The van der Waals surface area contributed by atoms with Gasteiger partial charge in [0.25, 0.3) is 0 Å². The molecule has 78 valence electrons. The number of aliphatic hydroxyl groups excluding tert-OH is 1. The third kappa shape index (κ3) is 2.02. The SMILES string of the molecule is CO[C@H]1CC(C)(OC)[C@H](O)[C@H](C)O1. The summed E-state index contributed by atoms with van der Waals surface area (Å²) in [5.74, 6) is 0. The molecule has 0 aromatic heterocycles. The van der Waals surface area contributed by atoms with Crippen LogP contribution in [0.5, 0.6) is 0 Å². The Balaban J connectivity index is 2.71. The zero-order valence-electron chi connectivity index (χ0n) is 8.61. The highest BCUT2D eigenvalue weighted by molar-refractivity contribution is 4.92. The van der Waals surface area contributed by atoms with E-state index in [0.29, 0.717) is 6.42 Å². The fourth-order valence-corrected chi connectivity index (χ4v) is 1.65. The predicted molar refractivity (Wildman–Crippen MR) is 47.4 cm³/mol. The first-order valence-corrected chi connectivity index (χ1v) is 4.45. The van der Waals surface area contributed by atoms with Crippen molar-refractivity contribution in [3.05, 3.63) is 0 Å². The van der Waals surface area contributed by atoms with Crippen LogP contribution in [0.1, 0.15) is 20.3 Å². The number of methoxy groups -OCH3 is 2. The Morgan fingerprint density at radius 3 is 2.54 bits per heavy atom. The molecule has 0 bridgehead atoms. The van der Waals surface area contributed by atoms with Gasteiger partial charge in [-0.2, -0.15) is 0 Å². The highest BCUT2D eigenvalue weighted by Crippen LogP contribution is 2.31. The molecule has 4 heteroatoms. The lowest BCUT2D eigenvalue weighted by Crippen LogP contribution is -2.56. The van der Waals surface area contributed by atoms with E-state index in [2.05, 4.69) is 0 Å². The van der Waals surface area contributed by atoms with Gasteiger partial charge in [0.1, 0.15) is 6.10 Å². The number of aliphatic hydroxyl groups is 1. The molecule has 1 fully saturated rings. The fourth-order valence-electron chi connectivity index (χ4n) is 1.65. The molecule has 1 N–H and O–H groups in total. The molecule has 1 heterocycles. The van der Waals surface area contributed by atoms with E-state index in [1.54, 1.807) is 14.2 Å². The lowest BCUT2D eigenvalue weighted by atomic mass is 9.88. The normalized spacial score (nSPS) is 46.4. The molecule has 1 rings (SSSR count). The number of ether oxygens (including phenoxy) is 3. The van der Waals surface area contributed by atoms with Crippen molar-refractivity contribution in [1.29, 1.82) is 0 Å². The predicted octanol–water partition coefficient (Wildman–Crippen LogP) is 0.534. The first kappa shape index (κ1) is 10.9. The molecule has 0 radical (unpaired) electrons. The molecular formula is C9H18O4. The quantitative estimate of drug-likeness (QED) is 0.690. The summed E-state index contributed by atoms with van der Waals surface area (Å²) < 4.78 is 15.8.